The summed E-state index contributed by atoms with van der Waals surface area (Å²) >= 11 is 0. The van der Waals surface area contributed by atoms with Gasteiger partial charge in [0.2, 0.25) is 0 Å². The lowest BCUT2D eigenvalue weighted by Gasteiger charge is -2.46. The number of carbonyl (C=O) groups excluding carboxylic acids is 3. The number of piperidine rings is 3. The standard InChI is InChI=1S/C10H13N3O3/c14-8-9(15)13(10(16)11-8)7-5-12-3-1-6(7)2-4-12/h6-7H,1-5H2,(H,11,14,16). The van der Waals surface area contributed by atoms with E-state index in [-0.39, 0.29) is 6.04 Å². The normalized spacial score (nSPS) is 38.1. The SMILES string of the molecule is O=C1NC(=O)N(C2CN3CCC2CC3)C1=O. The van der Waals surface area contributed by atoms with Gasteiger partial charge in [-0.25, -0.2) is 4.79 Å². The van der Waals surface area contributed by atoms with Crippen molar-refractivity contribution in [1.82, 2.24) is 15.1 Å². The monoisotopic (exact) mass is 223 g/mol. The minimum absolute atomic E-state index is 0.110. The number of hydrogen-bond acceptors (Lipinski definition) is 4. The van der Waals surface area contributed by atoms with Crippen LogP contribution in [0.25, 0.3) is 0 Å². The van der Waals surface area contributed by atoms with Crippen molar-refractivity contribution in [3.63, 3.8) is 0 Å². The van der Waals surface area contributed by atoms with Crippen LogP contribution in [0.1, 0.15) is 12.8 Å². The van der Waals surface area contributed by atoms with Crippen molar-refractivity contribution in [3.8, 4) is 0 Å². The molecular weight excluding hydrogens is 210 g/mol. The Balaban J connectivity index is 1.85. The summed E-state index contributed by atoms with van der Waals surface area (Å²) in [6.45, 7) is 2.80. The Morgan fingerprint density at radius 2 is 1.81 bits per heavy atom. The Labute approximate surface area is 92.6 Å². The maximum atomic E-state index is 11.6. The molecule has 86 valence electrons. The van der Waals surface area contributed by atoms with Crippen molar-refractivity contribution < 1.29 is 14.4 Å². The molecule has 4 amide bonds. The third kappa shape index (κ3) is 1.26. The number of fused-ring (bicyclic) bond motifs is 3. The highest BCUT2D eigenvalue weighted by molar-refractivity contribution is 6.44. The third-order valence-corrected chi connectivity index (χ3v) is 3.81. The van der Waals surface area contributed by atoms with Crippen LogP contribution in [0.4, 0.5) is 4.79 Å². The average molecular weight is 223 g/mol. The Bertz CT molecular complexity index is 374. The highest BCUT2D eigenvalue weighted by Crippen LogP contribution is 2.31. The largest absolute Gasteiger partial charge is 0.331 e. The van der Waals surface area contributed by atoms with Gasteiger partial charge in [0.25, 0.3) is 0 Å². The zero-order valence-electron chi connectivity index (χ0n) is 8.81. The second-order valence-corrected chi connectivity index (χ2v) is 4.64. The minimum Gasteiger partial charge on any atom is -0.301 e. The molecule has 16 heavy (non-hydrogen) atoms. The van der Waals surface area contributed by atoms with Crippen LogP contribution in [0.3, 0.4) is 0 Å². The van der Waals surface area contributed by atoms with Gasteiger partial charge in [-0.05, 0) is 31.8 Å². The second-order valence-electron chi connectivity index (χ2n) is 4.64. The highest BCUT2D eigenvalue weighted by Gasteiger charge is 2.47. The van der Waals surface area contributed by atoms with Crippen molar-refractivity contribution in [2.24, 2.45) is 5.92 Å². The molecule has 6 heteroatoms. The van der Waals surface area contributed by atoms with Gasteiger partial charge < -0.3 is 4.90 Å². The van der Waals surface area contributed by atoms with Crippen LogP contribution in [0, 0.1) is 5.92 Å². The van der Waals surface area contributed by atoms with E-state index in [9.17, 15) is 14.4 Å². The number of amides is 4. The fourth-order valence-corrected chi connectivity index (χ4v) is 2.94. The van der Waals surface area contributed by atoms with Crippen molar-refractivity contribution >= 4 is 17.8 Å². The first kappa shape index (κ1) is 9.77. The Kier molecular flexibility index (Phi) is 2.00. The number of carbonyl (C=O) groups is 3. The molecule has 4 rings (SSSR count). The van der Waals surface area contributed by atoms with Gasteiger partial charge >= 0.3 is 17.8 Å². The number of nitrogens with one attached hydrogen (secondary N) is 1. The highest BCUT2D eigenvalue weighted by atomic mass is 16.2. The molecule has 1 unspecified atom stereocenters. The topological polar surface area (TPSA) is 69.7 Å². The van der Waals surface area contributed by atoms with Gasteiger partial charge in [0.15, 0.2) is 0 Å². The third-order valence-electron chi connectivity index (χ3n) is 3.81. The average Bonchev–Trinajstić information content (AvgIpc) is 2.54. The lowest BCUT2D eigenvalue weighted by Crippen LogP contribution is -2.58. The van der Waals surface area contributed by atoms with Crippen LogP contribution < -0.4 is 5.32 Å². The molecule has 4 fully saturated rings. The van der Waals surface area contributed by atoms with Crippen molar-refractivity contribution in [3.05, 3.63) is 0 Å². The molecule has 1 atom stereocenters. The molecule has 0 aromatic heterocycles. The summed E-state index contributed by atoms with van der Waals surface area (Å²) in [6.07, 6.45) is 2.02. The van der Waals surface area contributed by atoms with Crippen LogP contribution in [-0.4, -0.2) is 53.3 Å². The Morgan fingerprint density at radius 1 is 1.12 bits per heavy atom. The minimum atomic E-state index is -0.790. The second kappa shape index (κ2) is 3.28. The molecule has 0 aromatic rings. The molecule has 4 heterocycles. The van der Waals surface area contributed by atoms with Gasteiger partial charge in [-0.15, -0.1) is 0 Å². The summed E-state index contributed by atoms with van der Waals surface area (Å²) in [5.41, 5.74) is 0. The first-order valence-electron chi connectivity index (χ1n) is 5.57. The molecule has 0 aliphatic carbocycles. The first-order valence-corrected chi connectivity index (χ1v) is 5.57. The molecule has 4 aliphatic rings. The first-order chi connectivity index (χ1) is 7.66. The Morgan fingerprint density at radius 3 is 2.25 bits per heavy atom. The molecular formula is C10H13N3O3. The van der Waals surface area contributed by atoms with Gasteiger partial charge in [0.1, 0.15) is 0 Å². The molecule has 4 saturated heterocycles. The van der Waals surface area contributed by atoms with Gasteiger partial charge in [-0.2, -0.15) is 0 Å². The number of urea groups is 1. The van der Waals surface area contributed by atoms with Crippen LogP contribution in [0.2, 0.25) is 0 Å². The number of imide groups is 2. The fraction of sp³-hybridized carbons (Fsp3) is 0.700. The predicted octanol–water partition coefficient (Wildman–Crippen LogP) is -0.841. The molecule has 0 spiro atoms. The maximum Gasteiger partial charge on any atom is 0.331 e. The van der Waals surface area contributed by atoms with Crippen molar-refractivity contribution in [2.75, 3.05) is 19.6 Å². The summed E-state index contributed by atoms with van der Waals surface area (Å²) < 4.78 is 0. The van der Waals surface area contributed by atoms with Crippen molar-refractivity contribution in [2.45, 2.75) is 18.9 Å². The summed E-state index contributed by atoms with van der Waals surface area (Å²) in [4.78, 5) is 37.6. The van der Waals surface area contributed by atoms with Crippen LogP contribution in [0.5, 0.6) is 0 Å². The smallest absolute Gasteiger partial charge is 0.301 e. The van der Waals surface area contributed by atoms with E-state index in [1.54, 1.807) is 0 Å². The van der Waals surface area contributed by atoms with Gasteiger partial charge in [0, 0.05) is 6.54 Å². The zero-order valence-corrected chi connectivity index (χ0v) is 8.81. The van der Waals surface area contributed by atoms with E-state index >= 15 is 0 Å². The number of hydrogen-bond donors (Lipinski definition) is 1. The molecule has 6 nitrogen and oxygen atoms in total. The quantitative estimate of drug-likeness (QED) is 0.465. The maximum absolute atomic E-state index is 11.6. The number of rotatable bonds is 1. The van der Waals surface area contributed by atoms with Crippen molar-refractivity contribution in [1.29, 1.82) is 0 Å². The van der Waals surface area contributed by atoms with E-state index in [0.29, 0.717) is 5.92 Å². The molecule has 0 saturated carbocycles. The molecule has 0 radical (unpaired) electrons. The van der Waals surface area contributed by atoms with Crippen LogP contribution in [-0.2, 0) is 9.59 Å². The molecule has 1 N–H and O–H groups in total. The molecule has 0 aromatic carbocycles. The summed E-state index contributed by atoms with van der Waals surface area (Å²) in [6, 6.07) is -0.657. The van der Waals surface area contributed by atoms with E-state index in [1.165, 1.54) is 0 Å². The van der Waals surface area contributed by atoms with E-state index in [1.807, 2.05) is 0 Å². The van der Waals surface area contributed by atoms with Gasteiger partial charge in [-0.1, -0.05) is 0 Å². The van der Waals surface area contributed by atoms with E-state index in [0.717, 1.165) is 37.4 Å². The van der Waals surface area contributed by atoms with E-state index < -0.39 is 17.8 Å². The lowest BCUT2D eigenvalue weighted by atomic mass is 9.83. The summed E-state index contributed by atoms with van der Waals surface area (Å²) in [5, 5.41) is 2.05. The van der Waals surface area contributed by atoms with Crippen LogP contribution >= 0.6 is 0 Å². The fourth-order valence-electron chi connectivity index (χ4n) is 2.94. The predicted molar refractivity (Wildman–Crippen MR) is 53.3 cm³/mol. The lowest BCUT2D eigenvalue weighted by molar-refractivity contribution is -0.142. The number of nitrogens with zero attached hydrogens (tertiary/aromatic N) is 2. The zero-order chi connectivity index (χ0) is 11.3. The van der Waals surface area contributed by atoms with Crippen LogP contribution in [0.15, 0.2) is 0 Å². The van der Waals surface area contributed by atoms with E-state index in [2.05, 4.69) is 10.2 Å². The Hall–Kier alpha value is -1.43. The van der Waals surface area contributed by atoms with Gasteiger partial charge in [-0.3, -0.25) is 19.8 Å². The summed E-state index contributed by atoms with van der Waals surface area (Å²) in [7, 11) is 0. The van der Waals surface area contributed by atoms with E-state index in [4.69, 9.17) is 0 Å². The summed E-state index contributed by atoms with van der Waals surface area (Å²) in [5.74, 6) is -1.12. The molecule has 2 bridgehead atoms. The van der Waals surface area contributed by atoms with Gasteiger partial charge in [0.05, 0.1) is 6.04 Å². The molecule has 4 aliphatic heterocycles.